The van der Waals surface area contributed by atoms with E-state index in [1.54, 1.807) is 41.5 Å². The second-order valence-electron chi connectivity index (χ2n) is 16.0. The Hall–Kier alpha value is -1.30. The molecule has 14 nitrogen and oxygen atoms in total. The number of likely N-dealkylation sites (N-methyl/N-ethyl adjacent to an activating group) is 1. The number of ether oxygens (including phenoxy) is 7. The number of esters is 1. The van der Waals surface area contributed by atoms with E-state index < -0.39 is 102 Å². The number of aliphatic hydroxyl groups excluding tert-OH is 3. The third-order valence-corrected chi connectivity index (χ3v) is 11.8. The van der Waals surface area contributed by atoms with Crippen LogP contribution in [0.2, 0.25) is 0 Å². The van der Waals surface area contributed by atoms with Crippen LogP contribution in [0, 0.1) is 23.7 Å². The minimum Gasteiger partial charge on any atom is -0.459 e. The Morgan fingerprint density at radius 2 is 1.51 bits per heavy atom. The quantitative estimate of drug-likeness (QED) is 0.266. The van der Waals surface area contributed by atoms with E-state index in [-0.39, 0.29) is 37.2 Å². The minimum absolute atomic E-state index is 0.133. The van der Waals surface area contributed by atoms with Gasteiger partial charge in [-0.25, -0.2) is 0 Å². The van der Waals surface area contributed by atoms with Gasteiger partial charge in [-0.15, -0.1) is 0 Å². The van der Waals surface area contributed by atoms with Crippen LogP contribution in [0.4, 0.5) is 0 Å². The zero-order valence-electron chi connectivity index (χ0n) is 33.0. The van der Waals surface area contributed by atoms with Crippen LogP contribution in [-0.2, 0) is 42.7 Å². The molecule has 4 N–H and O–H groups in total. The van der Waals surface area contributed by atoms with E-state index in [0.717, 1.165) is 0 Å². The Balaban J connectivity index is 2.17. The lowest BCUT2D eigenvalue weighted by Crippen LogP contribution is -2.59. The van der Waals surface area contributed by atoms with Crippen molar-refractivity contribution in [2.75, 3.05) is 28.3 Å². The van der Waals surface area contributed by atoms with E-state index in [1.165, 1.54) is 21.1 Å². The zero-order chi connectivity index (χ0) is 38.7. The molecule has 3 aliphatic rings. The first kappa shape index (κ1) is 44.1. The van der Waals surface area contributed by atoms with Gasteiger partial charge in [-0.1, -0.05) is 27.7 Å². The van der Waals surface area contributed by atoms with Crippen molar-refractivity contribution < 1.29 is 63.2 Å². The molecule has 3 heterocycles. The number of hydrogen-bond donors (Lipinski definition) is 4. The van der Waals surface area contributed by atoms with Gasteiger partial charge in [-0.3, -0.25) is 9.59 Å². The number of rotatable bonds is 8. The number of carbonyl (C=O) groups excluding carboxylic acids is 2. The van der Waals surface area contributed by atoms with Crippen LogP contribution >= 0.6 is 0 Å². The Bertz CT molecular complexity index is 1140. The highest BCUT2D eigenvalue weighted by molar-refractivity contribution is 5.83. The maximum absolute atomic E-state index is 14.1. The zero-order valence-corrected chi connectivity index (χ0v) is 33.0. The highest BCUT2D eigenvalue weighted by Crippen LogP contribution is 2.39. The number of nitrogens with zero attached hydrogens (tertiary/aromatic N) is 1. The molecule has 0 aromatic carbocycles. The molecule has 0 aromatic heterocycles. The Morgan fingerprint density at radius 1 is 0.882 bits per heavy atom. The molecule has 0 aromatic rings. The lowest BCUT2D eigenvalue weighted by Gasteiger charge is -2.47. The van der Waals surface area contributed by atoms with Crippen molar-refractivity contribution in [2.24, 2.45) is 23.7 Å². The van der Waals surface area contributed by atoms with Crippen molar-refractivity contribution in [1.29, 1.82) is 0 Å². The second-order valence-corrected chi connectivity index (χ2v) is 16.0. The fourth-order valence-electron chi connectivity index (χ4n) is 8.14. The molecule has 0 saturated carbocycles. The molecule has 0 bridgehead atoms. The molecule has 0 aliphatic carbocycles. The number of cyclic esters (lactones) is 1. The third kappa shape index (κ3) is 9.69. The summed E-state index contributed by atoms with van der Waals surface area (Å²) in [6.07, 6.45) is -9.30. The molecule has 0 amide bonds. The van der Waals surface area contributed by atoms with Gasteiger partial charge in [0.25, 0.3) is 0 Å². The van der Waals surface area contributed by atoms with Gasteiger partial charge in [-0.2, -0.15) is 0 Å². The molecule has 3 saturated heterocycles. The van der Waals surface area contributed by atoms with Crippen molar-refractivity contribution >= 4 is 11.8 Å². The topological polar surface area (TPSA) is 183 Å². The maximum atomic E-state index is 14.1. The largest absolute Gasteiger partial charge is 0.459 e. The number of carbonyl (C=O) groups is 2. The molecule has 0 radical (unpaired) electrons. The Morgan fingerprint density at radius 3 is 2.06 bits per heavy atom. The fourth-order valence-corrected chi connectivity index (χ4v) is 8.14. The molecule has 18 atom stereocenters. The van der Waals surface area contributed by atoms with Crippen LogP contribution in [0.15, 0.2) is 0 Å². The van der Waals surface area contributed by atoms with Crippen LogP contribution in [0.25, 0.3) is 0 Å². The molecular weight excluding hydrogens is 666 g/mol. The Labute approximate surface area is 304 Å². The van der Waals surface area contributed by atoms with E-state index in [4.69, 9.17) is 33.2 Å². The van der Waals surface area contributed by atoms with Gasteiger partial charge in [-0.05, 0) is 68.0 Å². The lowest BCUT2D eigenvalue weighted by molar-refractivity contribution is -0.312. The van der Waals surface area contributed by atoms with E-state index in [2.05, 4.69) is 0 Å². The summed E-state index contributed by atoms with van der Waals surface area (Å²) in [5, 5.41) is 45.3. The van der Waals surface area contributed by atoms with Crippen LogP contribution < -0.4 is 0 Å². The number of aliphatic hydroxyl groups is 4. The molecule has 0 spiro atoms. The van der Waals surface area contributed by atoms with Crippen LogP contribution in [0.5, 0.6) is 0 Å². The van der Waals surface area contributed by atoms with Crippen molar-refractivity contribution in [3.05, 3.63) is 0 Å². The van der Waals surface area contributed by atoms with E-state index in [0.29, 0.717) is 6.42 Å². The van der Waals surface area contributed by atoms with Crippen LogP contribution in [-0.4, -0.2) is 150 Å². The average Bonchev–Trinajstić information content (AvgIpc) is 3.08. The highest BCUT2D eigenvalue weighted by Gasteiger charge is 2.51. The van der Waals surface area contributed by atoms with Gasteiger partial charge in [0.1, 0.15) is 29.7 Å². The van der Waals surface area contributed by atoms with Crippen molar-refractivity contribution in [3.63, 3.8) is 0 Å². The van der Waals surface area contributed by atoms with Gasteiger partial charge in [0.15, 0.2) is 12.6 Å². The molecular formula is C37H67NO13. The van der Waals surface area contributed by atoms with Crippen molar-refractivity contribution in [3.8, 4) is 0 Å². The summed E-state index contributed by atoms with van der Waals surface area (Å²) in [4.78, 5) is 29.8. The predicted molar refractivity (Wildman–Crippen MR) is 186 cm³/mol. The normalized spacial score (nSPS) is 48.3. The molecule has 3 rings (SSSR count). The monoisotopic (exact) mass is 733 g/mol. The summed E-state index contributed by atoms with van der Waals surface area (Å²) >= 11 is 0. The SMILES string of the molecule is CC[C@H]1OC(=O)[C@H](C)[C@@H](O[C@H]2C[C@](C)(OC)[C@@H](O)[C@H](C)O2)[C@H](C)[C@@H](O[C@@H]2O[C@H](C)C[C@H](N(C)C)[C@H]2O)[C@H](OC)C[C@@H](C)C(=O)[C@H](C)[C@@H](O)[C@]1(C)O. The number of Topliss-reactive ketones (excluding diaryl/α,β-unsaturated/α-hetero) is 1. The maximum Gasteiger partial charge on any atom is 0.311 e. The second kappa shape index (κ2) is 17.9. The van der Waals surface area contributed by atoms with E-state index in [9.17, 15) is 30.0 Å². The predicted octanol–water partition coefficient (Wildman–Crippen LogP) is 2.05. The van der Waals surface area contributed by atoms with Gasteiger partial charge in [0, 0.05) is 44.4 Å². The average molecular weight is 734 g/mol. The Kier molecular flexibility index (Phi) is 15.5. The number of ketones is 1. The van der Waals surface area contributed by atoms with E-state index >= 15 is 0 Å². The lowest BCUT2D eigenvalue weighted by atomic mass is 9.77. The summed E-state index contributed by atoms with van der Waals surface area (Å²) in [5.74, 6) is -4.36. The standard InChI is InChI=1S/C37H67NO13/c1-14-26-37(9,44)32(41)20(4)28(39)18(2)15-25(45-12)31(51-35-29(40)24(38(10)11)16-19(3)47-35)21(5)30(22(6)34(43)49-26)50-27-17-36(8,46-13)33(42)23(7)48-27/h18-27,29-33,35,40-42,44H,14-17H2,1-13H3/t18-,19-,20+,21+,22-,23+,24+,25-,26-,27+,29-,30+,31-,32-,33+,35+,36+,37-/m1/s1. The smallest absolute Gasteiger partial charge is 0.311 e. The van der Waals surface area contributed by atoms with Crippen molar-refractivity contribution in [1.82, 2.24) is 4.90 Å². The summed E-state index contributed by atoms with van der Waals surface area (Å²) < 4.78 is 43.4. The van der Waals surface area contributed by atoms with Crippen LogP contribution in [0.1, 0.15) is 88.0 Å². The summed E-state index contributed by atoms with van der Waals surface area (Å²) in [6, 6.07) is -0.272. The molecule has 51 heavy (non-hydrogen) atoms. The molecule has 14 heteroatoms. The summed E-state index contributed by atoms with van der Waals surface area (Å²) in [5.41, 5.74) is -2.97. The molecule has 3 fully saturated rings. The summed E-state index contributed by atoms with van der Waals surface area (Å²) in [7, 11) is 6.75. The van der Waals surface area contributed by atoms with Gasteiger partial charge >= 0.3 is 5.97 Å². The first-order chi connectivity index (χ1) is 23.6. The third-order valence-electron chi connectivity index (χ3n) is 11.8. The van der Waals surface area contributed by atoms with Gasteiger partial charge in [0.2, 0.25) is 0 Å². The highest BCUT2D eigenvalue weighted by atomic mass is 16.7. The molecule has 0 unspecified atom stereocenters. The van der Waals surface area contributed by atoms with Gasteiger partial charge < -0.3 is 58.5 Å². The molecule has 298 valence electrons. The first-order valence-electron chi connectivity index (χ1n) is 18.5. The summed E-state index contributed by atoms with van der Waals surface area (Å²) in [6.45, 7) is 15.2. The van der Waals surface area contributed by atoms with Gasteiger partial charge in [0.05, 0.1) is 48.1 Å². The minimum atomic E-state index is -1.95. The number of hydrogen-bond acceptors (Lipinski definition) is 14. The fraction of sp³-hybridized carbons (Fsp3) is 0.946. The number of methoxy groups -OCH3 is 2. The first-order valence-corrected chi connectivity index (χ1v) is 18.5. The van der Waals surface area contributed by atoms with Crippen LogP contribution in [0.3, 0.4) is 0 Å². The molecule has 3 aliphatic heterocycles. The van der Waals surface area contributed by atoms with Crippen molar-refractivity contribution in [2.45, 2.75) is 173 Å². The van der Waals surface area contributed by atoms with E-state index in [1.807, 2.05) is 32.8 Å².